The zero-order valence-corrected chi connectivity index (χ0v) is 9.54. The predicted octanol–water partition coefficient (Wildman–Crippen LogP) is 3.38. The number of hydrogen-bond acceptors (Lipinski definition) is 3. The number of thioether (sulfide) groups is 1. The van der Waals surface area contributed by atoms with Crippen LogP contribution in [0.1, 0.15) is 6.42 Å². The summed E-state index contributed by atoms with van der Waals surface area (Å²) in [6.07, 6.45) is 1.09. The fourth-order valence-corrected chi connectivity index (χ4v) is 2.24. The Balaban J connectivity index is 2.15. The summed E-state index contributed by atoms with van der Waals surface area (Å²) >= 11 is 7.55. The van der Waals surface area contributed by atoms with Crippen LogP contribution in [0.2, 0.25) is 5.02 Å². The Morgan fingerprint density at radius 2 is 2.33 bits per heavy atom. The van der Waals surface area contributed by atoms with Gasteiger partial charge in [-0.15, -0.1) is 0 Å². The van der Waals surface area contributed by atoms with Gasteiger partial charge in [-0.3, -0.25) is 4.99 Å². The molecule has 0 saturated carbocycles. The van der Waals surface area contributed by atoms with E-state index >= 15 is 0 Å². The molecule has 0 atom stereocenters. The van der Waals surface area contributed by atoms with Crippen LogP contribution in [-0.4, -0.2) is 17.5 Å². The first kappa shape index (κ1) is 10.8. The molecule has 1 aromatic rings. The molecule has 1 aromatic carbocycles. The Labute approximate surface area is 96.9 Å². The number of rotatable bonds is 1. The normalized spacial score (nSPS) is 16.0. The molecule has 1 heterocycles. The maximum atomic E-state index is 13.0. The van der Waals surface area contributed by atoms with E-state index in [1.165, 1.54) is 18.2 Å². The van der Waals surface area contributed by atoms with Crippen LogP contribution in [-0.2, 0) is 0 Å². The van der Waals surface area contributed by atoms with Gasteiger partial charge in [-0.25, -0.2) is 4.39 Å². The second-order valence-corrected chi connectivity index (χ2v) is 4.63. The van der Waals surface area contributed by atoms with Gasteiger partial charge < -0.3 is 5.32 Å². The molecule has 0 radical (unpaired) electrons. The molecule has 0 spiro atoms. The van der Waals surface area contributed by atoms with Gasteiger partial charge in [0.1, 0.15) is 5.82 Å². The van der Waals surface area contributed by atoms with Gasteiger partial charge in [-0.2, -0.15) is 0 Å². The fraction of sp³-hybridized carbons (Fsp3) is 0.300. The van der Waals surface area contributed by atoms with Crippen molar-refractivity contribution < 1.29 is 4.39 Å². The molecule has 0 aromatic heterocycles. The van der Waals surface area contributed by atoms with Crippen LogP contribution < -0.4 is 5.32 Å². The lowest BCUT2D eigenvalue weighted by Crippen LogP contribution is -2.13. The van der Waals surface area contributed by atoms with Gasteiger partial charge >= 0.3 is 0 Å². The molecule has 5 heteroatoms. The van der Waals surface area contributed by atoms with Crippen molar-refractivity contribution in [3.63, 3.8) is 0 Å². The number of benzene rings is 1. The highest BCUT2D eigenvalue weighted by molar-refractivity contribution is 8.14. The molecule has 0 bridgehead atoms. The molecule has 80 valence electrons. The van der Waals surface area contributed by atoms with E-state index in [4.69, 9.17) is 11.6 Å². The average molecular weight is 245 g/mol. The second-order valence-electron chi connectivity index (χ2n) is 3.14. The van der Waals surface area contributed by atoms with Crippen LogP contribution in [0.5, 0.6) is 0 Å². The number of amidine groups is 1. The van der Waals surface area contributed by atoms with Crippen molar-refractivity contribution in [1.82, 2.24) is 0 Å². The van der Waals surface area contributed by atoms with Crippen molar-refractivity contribution in [2.75, 3.05) is 17.6 Å². The number of halogens is 2. The zero-order chi connectivity index (χ0) is 10.7. The van der Waals surface area contributed by atoms with E-state index in [-0.39, 0.29) is 5.82 Å². The van der Waals surface area contributed by atoms with Crippen LogP contribution in [0.15, 0.2) is 23.2 Å². The summed E-state index contributed by atoms with van der Waals surface area (Å²) in [6, 6.07) is 4.25. The van der Waals surface area contributed by atoms with Gasteiger partial charge in [0.15, 0.2) is 5.17 Å². The quantitative estimate of drug-likeness (QED) is 0.819. The SMILES string of the molecule is Fc1ccc(Cl)c(NC2=NCCCS2)c1. The maximum absolute atomic E-state index is 13.0. The van der Waals surface area contributed by atoms with E-state index in [1.54, 1.807) is 11.8 Å². The fourth-order valence-electron chi connectivity index (χ4n) is 1.24. The molecule has 1 aliphatic rings. The van der Waals surface area contributed by atoms with Crippen molar-refractivity contribution in [3.05, 3.63) is 29.0 Å². The highest BCUT2D eigenvalue weighted by Crippen LogP contribution is 2.24. The summed E-state index contributed by atoms with van der Waals surface area (Å²) in [6.45, 7) is 0.822. The molecule has 0 fully saturated rings. The van der Waals surface area contributed by atoms with Crippen molar-refractivity contribution >= 4 is 34.2 Å². The van der Waals surface area contributed by atoms with E-state index < -0.39 is 0 Å². The van der Waals surface area contributed by atoms with E-state index in [2.05, 4.69) is 10.3 Å². The van der Waals surface area contributed by atoms with Crippen molar-refractivity contribution in [2.45, 2.75) is 6.42 Å². The van der Waals surface area contributed by atoms with Crippen molar-refractivity contribution in [2.24, 2.45) is 4.99 Å². The number of hydrogen-bond donors (Lipinski definition) is 1. The van der Waals surface area contributed by atoms with Gasteiger partial charge in [0.2, 0.25) is 0 Å². The molecule has 2 nitrogen and oxygen atoms in total. The summed E-state index contributed by atoms with van der Waals surface area (Å²) in [5, 5.41) is 4.35. The highest BCUT2D eigenvalue weighted by Gasteiger charge is 2.08. The van der Waals surface area contributed by atoms with E-state index in [1.807, 2.05) is 0 Å². The van der Waals surface area contributed by atoms with Gasteiger partial charge in [0, 0.05) is 12.3 Å². The monoisotopic (exact) mass is 244 g/mol. The van der Waals surface area contributed by atoms with Gasteiger partial charge in [0.25, 0.3) is 0 Å². The van der Waals surface area contributed by atoms with Crippen LogP contribution in [0.3, 0.4) is 0 Å². The summed E-state index contributed by atoms with van der Waals surface area (Å²) in [5.41, 5.74) is 0.574. The molecule has 0 aliphatic carbocycles. The largest absolute Gasteiger partial charge is 0.334 e. The van der Waals surface area contributed by atoms with Crippen LogP contribution in [0, 0.1) is 5.82 Å². The third-order valence-electron chi connectivity index (χ3n) is 1.97. The molecular weight excluding hydrogens is 235 g/mol. The summed E-state index contributed by atoms with van der Waals surface area (Å²) < 4.78 is 13.0. The van der Waals surface area contributed by atoms with Crippen LogP contribution >= 0.6 is 23.4 Å². The minimum Gasteiger partial charge on any atom is -0.334 e. The van der Waals surface area contributed by atoms with Crippen molar-refractivity contribution in [3.8, 4) is 0 Å². The number of anilines is 1. The zero-order valence-electron chi connectivity index (χ0n) is 7.96. The highest BCUT2D eigenvalue weighted by atomic mass is 35.5. The Bertz CT molecular complexity index is 395. The minimum atomic E-state index is -0.302. The summed E-state index contributed by atoms with van der Waals surface area (Å²) in [7, 11) is 0. The Hall–Kier alpha value is -0.740. The Kier molecular flexibility index (Phi) is 3.49. The van der Waals surface area contributed by atoms with Gasteiger partial charge in [0.05, 0.1) is 10.7 Å². The lowest BCUT2D eigenvalue weighted by atomic mass is 10.3. The molecule has 0 unspecified atom stereocenters. The third kappa shape index (κ3) is 2.86. The first-order valence-electron chi connectivity index (χ1n) is 4.65. The van der Waals surface area contributed by atoms with E-state index in [9.17, 15) is 4.39 Å². The van der Waals surface area contributed by atoms with Crippen LogP contribution in [0.4, 0.5) is 10.1 Å². The summed E-state index contributed by atoms with van der Waals surface area (Å²) in [4.78, 5) is 4.28. The van der Waals surface area contributed by atoms with Crippen molar-refractivity contribution in [1.29, 1.82) is 0 Å². The number of nitrogens with zero attached hydrogens (tertiary/aromatic N) is 1. The maximum Gasteiger partial charge on any atom is 0.161 e. The molecule has 0 saturated heterocycles. The molecular formula is C10H10ClFN2S. The predicted molar refractivity (Wildman–Crippen MR) is 64.4 cm³/mol. The lowest BCUT2D eigenvalue weighted by molar-refractivity contribution is 0.628. The first-order valence-corrected chi connectivity index (χ1v) is 6.01. The summed E-state index contributed by atoms with van der Waals surface area (Å²) in [5.74, 6) is 0.738. The third-order valence-corrected chi connectivity index (χ3v) is 3.29. The standard InChI is InChI=1S/C10H10ClFN2S/c11-8-3-2-7(12)6-9(8)14-10-13-4-1-5-15-10/h2-3,6H,1,4-5H2,(H,13,14). The minimum absolute atomic E-state index is 0.302. The first-order chi connectivity index (χ1) is 7.25. The van der Waals surface area contributed by atoms with Gasteiger partial charge in [-0.05, 0) is 24.6 Å². The Morgan fingerprint density at radius 3 is 3.07 bits per heavy atom. The number of nitrogens with one attached hydrogen (secondary N) is 1. The molecule has 15 heavy (non-hydrogen) atoms. The Morgan fingerprint density at radius 1 is 1.47 bits per heavy atom. The van der Waals surface area contributed by atoms with Crippen LogP contribution in [0.25, 0.3) is 0 Å². The molecule has 1 N–H and O–H groups in total. The molecule has 0 amide bonds. The van der Waals surface area contributed by atoms with E-state index in [0.717, 1.165) is 23.9 Å². The topological polar surface area (TPSA) is 24.4 Å². The van der Waals surface area contributed by atoms with Gasteiger partial charge in [-0.1, -0.05) is 23.4 Å². The molecule has 1 aliphatic heterocycles. The average Bonchev–Trinajstić information content (AvgIpc) is 2.25. The molecule has 2 rings (SSSR count). The van der Waals surface area contributed by atoms with E-state index in [0.29, 0.717) is 10.7 Å². The lowest BCUT2D eigenvalue weighted by Gasteiger charge is -2.14. The smallest absolute Gasteiger partial charge is 0.161 e. The second kappa shape index (κ2) is 4.86. The number of aliphatic imine (C=N–C) groups is 1.